The number of aromatic carboxylic acids is 1. The number of rotatable bonds is 2. The maximum absolute atomic E-state index is 12.1. The lowest BCUT2D eigenvalue weighted by Crippen LogP contribution is -2.04. The van der Waals surface area contributed by atoms with E-state index in [1.807, 2.05) is 6.07 Å². The summed E-state index contributed by atoms with van der Waals surface area (Å²) in [5, 5.41) is 10.6. The number of hydrogen-bond acceptors (Lipinski definition) is 2. The van der Waals surface area contributed by atoms with Gasteiger partial charge in [-0.15, -0.1) is 0 Å². The summed E-state index contributed by atoms with van der Waals surface area (Å²) in [5.74, 6) is -1.01. The van der Waals surface area contributed by atoms with Crippen molar-refractivity contribution in [3.8, 4) is 11.1 Å². The summed E-state index contributed by atoms with van der Waals surface area (Å²) in [7, 11) is 0. The minimum absolute atomic E-state index is 0.167. The number of nitrogens with one attached hydrogen (secondary N) is 2. The van der Waals surface area contributed by atoms with Crippen molar-refractivity contribution in [1.82, 2.24) is 9.97 Å². The van der Waals surface area contributed by atoms with E-state index in [2.05, 4.69) is 9.97 Å². The Morgan fingerprint density at radius 2 is 1.83 bits per heavy atom. The number of pyridine rings is 1. The maximum atomic E-state index is 12.1. The second-order valence-electron chi connectivity index (χ2n) is 5.50. The maximum Gasteiger partial charge on any atom is 0.335 e. The van der Waals surface area contributed by atoms with E-state index in [9.17, 15) is 14.7 Å². The molecule has 0 saturated carbocycles. The van der Waals surface area contributed by atoms with Crippen LogP contribution in [0.5, 0.6) is 0 Å². The van der Waals surface area contributed by atoms with Crippen molar-refractivity contribution in [2.45, 2.75) is 0 Å². The van der Waals surface area contributed by atoms with E-state index in [-0.39, 0.29) is 11.1 Å². The highest BCUT2D eigenvalue weighted by atomic mass is 35.5. The third kappa shape index (κ3) is 2.26. The molecule has 0 unspecified atom stereocenters. The number of hydrogen-bond donors (Lipinski definition) is 3. The molecule has 24 heavy (non-hydrogen) atoms. The van der Waals surface area contributed by atoms with Crippen molar-refractivity contribution in [1.29, 1.82) is 0 Å². The Morgan fingerprint density at radius 3 is 2.62 bits per heavy atom. The van der Waals surface area contributed by atoms with E-state index < -0.39 is 5.97 Å². The summed E-state index contributed by atoms with van der Waals surface area (Å²) in [5.41, 5.74) is 3.42. The number of H-pyrrole nitrogens is 2. The zero-order valence-corrected chi connectivity index (χ0v) is 13.0. The molecule has 2 heterocycles. The molecule has 6 heteroatoms. The zero-order chi connectivity index (χ0) is 16.8. The van der Waals surface area contributed by atoms with E-state index >= 15 is 0 Å². The number of fused-ring (bicyclic) bond motifs is 3. The van der Waals surface area contributed by atoms with Gasteiger partial charge in [0.1, 0.15) is 0 Å². The summed E-state index contributed by atoms with van der Waals surface area (Å²) in [4.78, 5) is 29.4. The lowest BCUT2D eigenvalue weighted by atomic mass is 10.0. The first-order valence-corrected chi connectivity index (χ1v) is 7.59. The number of carboxylic acids is 1. The molecule has 5 nitrogen and oxygen atoms in total. The molecule has 0 spiro atoms. The highest BCUT2D eigenvalue weighted by molar-refractivity contribution is 6.31. The van der Waals surface area contributed by atoms with E-state index in [1.54, 1.807) is 30.3 Å². The Kier molecular flexibility index (Phi) is 3.18. The van der Waals surface area contributed by atoms with Crippen LogP contribution in [-0.2, 0) is 0 Å². The van der Waals surface area contributed by atoms with Crippen LogP contribution in [0.4, 0.5) is 0 Å². The summed E-state index contributed by atoms with van der Waals surface area (Å²) >= 11 is 6.06. The quantitative estimate of drug-likeness (QED) is 0.516. The van der Waals surface area contributed by atoms with Gasteiger partial charge in [0, 0.05) is 27.6 Å². The van der Waals surface area contributed by atoms with Gasteiger partial charge in [0.2, 0.25) is 5.56 Å². The zero-order valence-electron chi connectivity index (χ0n) is 12.3. The normalized spacial score (nSPS) is 11.2. The van der Waals surface area contributed by atoms with Crippen LogP contribution in [0.3, 0.4) is 0 Å². The smallest absolute Gasteiger partial charge is 0.335 e. The second-order valence-corrected chi connectivity index (χ2v) is 5.93. The molecule has 4 aromatic rings. The molecule has 118 valence electrons. The van der Waals surface area contributed by atoms with Gasteiger partial charge < -0.3 is 15.1 Å². The van der Waals surface area contributed by atoms with Crippen molar-refractivity contribution in [2.75, 3.05) is 0 Å². The van der Waals surface area contributed by atoms with Gasteiger partial charge in [-0.1, -0.05) is 23.7 Å². The van der Waals surface area contributed by atoms with Gasteiger partial charge in [0.25, 0.3) is 0 Å². The third-order valence-electron chi connectivity index (χ3n) is 3.97. The van der Waals surface area contributed by atoms with Gasteiger partial charge in [-0.25, -0.2) is 4.79 Å². The van der Waals surface area contributed by atoms with E-state index in [0.29, 0.717) is 21.7 Å². The number of benzene rings is 2. The van der Waals surface area contributed by atoms with Crippen LogP contribution in [-0.4, -0.2) is 21.0 Å². The molecule has 0 fully saturated rings. The van der Waals surface area contributed by atoms with Crippen LogP contribution < -0.4 is 5.56 Å². The second kappa shape index (κ2) is 5.25. The molecule has 3 N–H and O–H groups in total. The highest BCUT2D eigenvalue weighted by Gasteiger charge is 2.13. The molecule has 0 bridgehead atoms. The SMILES string of the molecule is O=C(O)c1cccc(-c2cc(=O)[nH]c3c2[nH]c2ccc(Cl)cc23)c1. The number of aromatic nitrogens is 2. The fourth-order valence-corrected chi connectivity index (χ4v) is 3.08. The third-order valence-corrected chi connectivity index (χ3v) is 4.21. The number of carbonyl (C=O) groups is 1. The van der Waals surface area contributed by atoms with E-state index in [4.69, 9.17) is 11.6 Å². The molecule has 0 atom stereocenters. The summed E-state index contributed by atoms with van der Waals surface area (Å²) in [6, 6.07) is 13.3. The minimum atomic E-state index is -1.01. The fourth-order valence-electron chi connectivity index (χ4n) is 2.91. The Balaban J connectivity index is 2.09. The number of carboxylic acid groups (broad SMARTS) is 1. The Morgan fingerprint density at radius 1 is 1.00 bits per heavy atom. The fraction of sp³-hybridized carbons (Fsp3) is 0. The van der Waals surface area contributed by atoms with Crippen LogP contribution in [0.15, 0.2) is 53.3 Å². The average molecular weight is 339 g/mol. The Hall–Kier alpha value is -3.05. The summed E-state index contributed by atoms with van der Waals surface area (Å²) in [6.45, 7) is 0. The summed E-state index contributed by atoms with van der Waals surface area (Å²) in [6.07, 6.45) is 0. The minimum Gasteiger partial charge on any atom is -0.478 e. The molecule has 0 aliphatic carbocycles. The molecule has 2 aromatic carbocycles. The van der Waals surface area contributed by atoms with Crippen LogP contribution in [0, 0.1) is 0 Å². The van der Waals surface area contributed by atoms with Crippen LogP contribution >= 0.6 is 11.6 Å². The lowest BCUT2D eigenvalue weighted by Gasteiger charge is -2.04. The number of halogens is 1. The van der Waals surface area contributed by atoms with Crippen molar-refractivity contribution < 1.29 is 9.90 Å². The predicted molar refractivity (Wildman–Crippen MR) is 93.8 cm³/mol. The first kappa shape index (κ1) is 14.5. The highest BCUT2D eigenvalue weighted by Crippen LogP contribution is 2.32. The van der Waals surface area contributed by atoms with Crippen molar-refractivity contribution >= 4 is 39.5 Å². The van der Waals surface area contributed by atoms with Gasteiger partial charge in [0.05, 0.1) is 16.6 Å². The van der Waals surface area contributed by atoms with Crippen LogP contribution in [0.2, 0.25) is 5.02 Å². The molecule has 2 aromatic heterocycles. The van der Waals surface area contributed by atoms with E-state index in [1.165, 1.54) is 12.1 Å². The van der Waals surface area contributed by atoms with Gasteiger partial charge in [0.15, 0.2) is 0 Å². The molecule has 0 amide bonds. The first-order chi connectivity index (χ1) is 11.5. The van der Waals surface area contributed by atoms with Crippen molar-refractivity contribution in [3.63, 3.8) is 0 Å². The average Bonchev–Trinajstić information content (AvgIpc) is 2.92. The van der Waals surface area contributed by atoms with Gasteiger partial charge in [-0.05, 0) is 35.9 Å². The molecule has 4 rings (SSSR count). The Bertz CT molecular complexity index is 1170. The Labute approximate surface area is 140 Å². The van der Waals surface area contributed by atoms with Crippen LogP contribution in [0.1, 0.15) is 10.4 Å². The molecule has 0 radical (unpaired) electrons. The topological polar surface area (TPSA) is 85.9 Å². The molecular weight excluding hydrogens is 328 g/mol. The molecule has 0 aliphatic heterocycles. The van der Waals surface area contributed by atoms with Gasteiger partial charge in [-0.2, -0.15) is 0 Å². The van der Waals surface area contributed by atoms with Gasteiger partial charge in [-0.3, -0.25) is 4.79 Å². The first-order valence-electron chi connectivity index (χ1n) is 7.21. The van der Waals surface area contributed by atoms with E-state index in [0.717, 1.165) is 16.4 Å². The number of aromatic amines is 2. The van der Waals surface area contributed by atoms with Gasteiger partial charge >= 0.3 is 5.97 Å². The summed E-state index contributed by atoms with van der Waals surface area (Å²) < 4.78 is 0. The lowest BCUT2D eigenvalue weighted by molar-refractivity contribution is 0.0697. The standard InChI is InChI=1S/C18H11ClN2O3/c19-11-4-5-14-13(7-11)17-16(20-14)12(8-15(22)21-17)9-2-1-3-10(6-9)18(23)24/h1-8,20H,(H,21,22)(H,23,24). The monoisotopic (exact) mass is 338 g/mol. The van der Waals surface area contributed by atoms with Crippen molar-refractivity contribution in [2.24, 2.45) is 0 Å². The molecule has 0 aliphatic rings. The largest absolute Gasteiger partial charge is 0.478 e. The molecular formula is C18H11ClN2O3. The van der Waals surface area contributed by atoms with Crippen LogP contribution in [0.25, 0.3) is 33.1 Å². The molecule has 0 saturated heterocycles. The van der Waals surface area contributed by atoms with Crippen molar-refractivity contribution in [3.05, 3.63) is 69.5 Å². The predicted octanol–water partition coefficient (Wildman–Crippen LogP) is 4.03.